The van der Waals surface area contributed by atoms with Crippen LogP contribution < -0.4 is 14.8 Å². The molecule has 1 aromatic carbocycles. The molecule has 0 unspecified atom stereocenters. The van der Waals surface area contributed by atoms with Gasteiger partial charge in [0.05, 0.1) is 23.7 Å². The third-order valence-corrected chi connectivity index (χ3v) is 3.84. The zero-order valence-electron chi connectivity index (χ0n) is 14.3. The number of nitrogens with one attached hydrogen (secondary N) is 1. The van der Waals surface area contributed by atoms with E-state index in [2.05, 4.69) is 10.4 Å². The molecule has 0 radical (unpaired) electrons. The van der Waals surface area contributed by atoms with Gasteiger partial charge in [-0.2, -0.15) is 5.10 Å². The predicted octanol–water partition coefficient (Wildman–Crippen LogP) is 2.04. The van der Waals surface area contributed by atoms with Crippen LogP contribution in [0.2, 0.25) is 0 Å². The fraction of sp³-hybridized carbons (Fsp3) is 0.353. The highest BCUT2D eigenvalue weighted by atomic mass is 16.7. The van der Waals surface area contributed by atoms with Gasteiger partial charge in [0.25, 0.3) is 5.91 Å². The smallest absolute Gasteiger partial charge is 0.327 e. The molecule has 1 aliphatic heterocycles. The van der Waals surface area contributed by atoms with Crippen LogP contribution in [0.5, 0.6) is 11.5 Å². The van der Waals surface area contributed by atoms with Gasteiger partial charge < -0.3 is 19.5 Å². The van der Waals surface area contributed by atoms with Crippen LogP contribution in [0.25, 0.3) is 0 Å². The maximum absolute atomic E-state index is 12.5. The van der Waals surface area contributed by atoms with Crippen LogP contribution >= 0.6 is 0 Å². The molecule has 2 aromatic rings. The molecule has 8 nitrogen and oxygen atoms in total. The van der Waals surface area contributed by atoms with Gasteiger partial charge in [0, 0.05) is 5.56 Å². The second-order valence-corrected chi connectivity index (χ2v) is 5.53. The van der Waals surface area contributed by atoms with E-state index in [-0.39, 0.29) is 25.2 Å². The van der Waals surface area contributed by atoms with E-state index < -0.39 is 0 Å². The predicted molar refractivity (Wildman–Crippen MR) is 88.9 cm³/mol. The van der Waals surface area contributed by atoms with Crippen molar-refractivity contribution in [2.75, 3.05) is 18.7 Å². The summed E-state index contributed by atoms with van der Waals surface area (Å²) in [4.78, 5) is 24.2. The lowest BCUT2D eigenvalue weighted by molar-refractivity contribution is -0.144. The van der Waals surface area contributed by atoms with Gasteiger partial charge in [0.15, 0.2) is 11.5 Å². The molecule has 132 valence electrons. The first-order valence-corrected chi connectivity index (χ1v) is 7.90. The minimum Gasteiger partial charge on any atom is -0.465 e. The second kappa shape index (κ2) is 6.84. The maximum Gasteiger partial charge on any atom is 0.327 e. The van der Waals surface area contributed by atoms with Crippen LogP contribution in [0.1, 0.15) is 28.7 Å². The second-order valence-electron chi connectivity index (χ2n) is 5.53. The van der Waals surface area contributed by atoms with E-state index in [1.807, 2.05) is 0 Å². The molecule has 1 amide bonds. The highest BCUT2D eigenvalue weighted by Crippen LogP contribution is 2.32. The van der Waals surface area contributed by atoms with Crippen LogP contribution in [0, 0.1) is 13.8 Å². The number of carbonyl (C=O) groups excluding carboxylic acids is 2. The van der Waals surface area contributed by atoms with Gasteiger partial charge in [0.2, 0.25) is 6.79 Å². The van der Waals surface area contributed by atoms with Crippen molar-refractivity contribution in [2.45, 2.75) is 27.3 Å². The van der Waals surface area contributed by atoms with Crippen LogP contribution in [0.3, 0.4) is 0 Å². The van der Waals surface area contributed by atoms with Gasteiger partial charge in [-0.05, 0) is 39.0 Å². The molecule has 0 spiro atoms. The van der Waals surface area contributed by atoms with Gasteiger partial charge in [-0.1, -0.05) is 0 Å². The van der Waals surface area contributed by atoms with E-state index in [0.717, 1.165) is 0 Å². The van der Waals surface area contributed by atoms with E-state index >= 15 is 0 Å². The van der Waals surface area contributed by atoms with E-state index in [1.54, 1.807) is 39.0 Å². The van der Waals surface area contributed by atoms with Gasteiger partial charge in [0.1, 0.15) is 6.54 Å². The summed E-state index contributed by atoms with van der Waals surface area (Å²) in [6.45, 7) is 5.76. The summed E-state index contributed by atoms with van der Waals surface area (Å²) in [6.07, 6.45) is 0. The first kappa shape index (κ1) is 16.8. The minimum absolute atomic E-state index is 0.000405. The topological polar surface area (TPSA) is 91.7 Å². The number of anilines is 1. The first-order valence-electron chi connectivity index (χ1n) is 7.90. The summed E-state index contributed by atoms with van der Waals surface area (Å²) in [5.41, 5.74) is 2.32. The zero-order valence-corrected chi connectivity index (χ0v) is 14.3. The average molecular weight is 345 g/mol. The van der Waals surface area contributed by atoms with E-state index in [1.165, 1.54) is 4.68 Å². The quantitative estimate of drug-likeness (QED) is 0.834. The summed E-state index contributed by atoms with van der Waals surface area (Å²) in [5, 5.41) is 7.13. The normalized spacial score (nSPS) is 12.1. The number of nitrogens with zero attached hydrogens (tertiary/aromatic N) is 2. The molecule has 1 N–H and O–H groups in total. The Hall–Kier alpha value is -3.03. The van der Waals surface area contributed by atoms with Crippen molar-refractivity contribution in [3.8, 4) is 11.5 Å². The Morgan fingerprint density at radius 2 is 2.04 bits per heavy atom. The third-order valence-electron chi connectivity index (χ3n) is 3.84. The van der Waals surface area contributed by atoms with Crippen molar-refractivity contribution < 1.29 is 23.8 Å². The van der Waals surface area contributed by atoms with Gasteiger partial charge in [-0.15, -0.1) is 0 Å². The van der Waals surface area contributed by atoms with E-state index in [4.69, 9.17) is 14.2 Å². The zero-order chi connectivity index (χ0) is 18.0. The number of carbonyl (C=O) groups is 2. The van der Waals surface area contributed by atoms with Crippen LogP contribution in [0.4, 0.5) is 5.69 Å². The molecule has 2 heterocycles. The van der Waals surface area contributed by atoms with E-state index in [9.17, 15) is 9.59 Å². The van der Waals surface area contributed by atoms with Crippen molar-refractivity contribution in [2.24, 2.45) is 0 Å². The number of rotatable bonds is 5. The highest BCUT2D eigenvalue weighted by Gasteiger charge is 2.19. The van der Waals surface area contributed by atoms with Gasteiger partial charge in [-0.25, -0.2) is 0 Å². The number of aromatic nitrogens is 2. The van der Waals surface area contributed by atoms with Crippen molar-refractivity contribution in [3.63, 3.8) is 0 Å². The Bertz CT molecular complexity index is 828. The van der Waals surface area contributed by atoms with Crippen molar-refractivity contribution in [1.82, 2.24) is 9.78 Å². The molecule has 0 saturated heterocycles. The van der Waals surface area contributed by atoms with Crippen LogP contribution in [-0.2, 0) is 16.1 Å². The number of benzene rings is 1. The van der Waals surface area contributed by atoms with Crippen LogP contribution in [-0.4, -0.2) is 35.1 Å². The van der Waals surface area contributed by atoms with Crippen molar-refractivity contribution in [3.05, 3.63) is 35.2 Å². The Morgan fingerprint density at radius 1 is 1.28 bits per heavy atom. The van der Waals surface area contributed by atoms with Crippen molar-refractivity contribution >= 4 is 17.6 Å². The lowest BCUT2D eigenvalue weighted by atomic mass is 10.2. The van der Waals surface area contributed by atoms with Crippen LogP contribution in [0.15, 0.2) is 18.2 Å². The van der Waals surface area contributed by atoms with E-state index in [0.29, 0.717) is 40.7 Å². The number of ether oxygens (including phenoxy) is 3. The molecule has 8 heteroatoms. The highest BCUT2D eigenvalue weighted by molar-refractivity contribution is 6.05. The third kappa shape index (κ3) is 3.42. The van der Waals surface area contributed by atoms with Gasteiger partial charge >= 0.3 is 5.97 Å². The molecule has 0 saturated carbocycles. The molecule has 1 aromatic heterocycles. The molecule has 0 bridgehead atoms. The first-order chi connectivity index (χ1) is 12.0. The number of hydrogen-bond acceptors (Lipinski definition) is 6. The Kier molecular flexibility index (Phi) is 4.60. The fourth-order valence-electron chi connectivity index (χ4n) is 2.58. The Balaban J connectivity index is 1.77. The number of aryl methyl sites for hydroxylation is 1. The Labute approximate surface area is 144 Å². The maximum atomic E-state index is 12.5. The minimum atomic E-state index is -0.373. The molecule has 25 heavy (non-hydrogen) atoms. The summed E-state index contributed by atoms with van der Waals surface area (Å²) in [7, 11) is 0. The largest absolute Gasteiger partial charge is 0.465 e. The van der Waals surface area contributed by atoms with Crippen molar-refractivity contribution in [1.29, 1.82) is 0 Å². The molecule has 0 aliphatic carbocycles. The number of fused-ring (bicyclic) bond motifs is 1. The summed E-state index contributed by atoms with van der Waals surface area (Å²) in [5.74, 6) is 0.493. The monoisotopic (exact) mass is 345 g/mol. The Morgan fingerprint density at radius 3 is 2.80 bits per heavy atom. The lowest BCUT2D eigenvalue weighted by Crippen LogP contribution is -2.16. The molecular weight excluding hydrogens is 326 g/mol. The standard InChI is InChI=1S/C17H19N3O5/c1-4-23-15(21)8-20-11(3)16(10(2)19-20)18-17(22)12-5-6-13-14(7-12)25-9-24-13/h5-7H,4,8-9H2,1-3H3,(H,18,22). The molecule has 3 rings (SSSR count). The molecule has 1 aliphatic rings. The number of amides is 1. The summed E-state index contributed by atoms with van der Waals surface area (Å²) < 4.78 is 17.0. The SMILES string of the molecule is CCOC(=O)Cn1nc(C)c(NC(=O)c2ccc3c(c2)OCO3)c1C. The number of hydrogen-bond donors (Lipinski definition) is 1. The van der Waals surface area contributed by atoms with Gasteiger partial charge in [-0.3, -0.25) is 14.3 Å². The molecular formula is C17H19N3O5. The molecule has 0 atom stereocenters. The molecule has 0 fully saturated rings. The number of esters is 1. The summed E-state index contributed by atoms with van der Waals surface area (Å²) >= 11 is 0. The average Bonchev–Trinajstić information content (AvgIpc) is 3.14. The fourth-order valence-corrected chi connectivity index (χ4v) is 2.58. The lowest BCUT2D eigenvalue weighted by Gasteiger charge is -2.07. The summed E-state index contributed by atoms with van der Waals surface area (Å²) in [6, 6.07) is 4.99.